The lowest BCUT2D eigenvalue weighted by atomic mass is 10.1. The van der Waals surface area contributed by atoms with Crippen molar-refractivity contribution in [1.82, 2.24) is 14.9 Å². The Morgan fingerprint density at radius 3 is 2.47 bits per heavy atom. The van der Waals surface area contributed by atoms with Gasteiger partial charge in [-0.15, -0.1) is 0 Å². The van der Waals surface area contributed by atoms with Gasteiger partial charge in [-0.3, -0.25) is 14.5 Å². The molecule has 1 aromatic heterocycles. The van der Waals surface area contributed by atoms with Gasteiger partial charge in [0, 0.05) is 5.69 Å². The summed E-state index contributed by atoms with van der Waals surface area (Å²) in [5, 5.41) is 2.93. The van der Waals surface area contributed by atoms with Gasteiger partial charge in [0.25, 0.3) is 5.56 Å². The maximum atomic E-state index is 12.9. The van der Waals surface area contributed by atoms with Crippen LogP contribution in [0.3, 0.4) is 0 Å². The maximum Gasteiger partial charge on any atom is 0.416 e. The Hall–Kier alpha value is -3.20. The van der Waals surface area contributed by atoms with Gasteiger partial charge in [-0.2, -0.15) is 13.2 Å². The van der Waals surface area contributed by atoms with Crippen LogP contribution in [0.2, 0.25) is 0 Å². The summed E-state index contributed by atoms with van der Waals surface area (Å²) in [6, 6.07) is 8.50. The van der Waals surface area contributed by atoms with Crippen molar-refractivity contribution in [3.8, 4) is 0 Å². The summed E-state index contributed by atoms with van der Waals surface area (Å²) in [4.78, 5) is 32.9. The molecule has 0 atom stereocenters. The number of alkyl halides is 3. The molecule has 0 fully saturated rings. The van der Waals surface area contributed by atoms with Crippen LogP contribution in [-0.4, -0.2) is 34.4 Å². The van der Waals surface area contributed by atoms with Crippen LogP contribution in [0.5, 0.6) is 0 Å². The zero-order valence-corrected chi connectivity index (χ0v) is 16.7. The Labute approximate surface area is 170 Å². The SMILES string of the molecule is Cc1cccc(C)c1NC(=O)CN(C)Cc1nc2cc(C(F)(F)F)ccc2c(=O)[nH]1. The molecule has 0 saturated heterocycles. The monoisotopic (exact) mass is 418 g/mol. The Morgan fingerprint density at radius 2 is 1.83 bits per heavy atom. The summed E-state index contributed by atoms with van der Waals surface area (Å²) in [7, 11) is 1.65. The highest BCUT2D eigenvalue weighted by atomic mass is 19.4. The summed E-state index contributed by atoms with van der Waals surface area (Å²) in [5.74, 6) is -0.0772. The maximum absolute atomic E-state index is 12.9. The fraction of sp³-hybridized carbons (Fsp3) is 0.286. The molecule has 9 heteroatoms. The number of anilines is 1. The second-order valence-electron chi connectivity index (χ2n) is 7.23. The second-order valence-corrected chi connectivity index (χ2v) is 7.23. The van der Waals surface area contributed by atoms with E-state index in [2.05, 4.69) is 15.3 Å². The Kier molecular flexibility index (Phi) is 5.93. The molecule has 3 aromatic rings. The van der Waals surface area contributed by atoms with Crippen molar-refractivity contribution in [3.63, 3.8) is 0 Å². The molecule has 0 aliphatic heterocycles. The van der Waals surface area contributed by atoms with Crippen molar-refractivity contribution in [3.05, 3.63) is 69.3 Å². The molecular weight excluding hydrogens is 397 g/mol. The van der Waals surface area contributed by atoms with Gasteiger partial charge in [-0.1, -0.05) is 18.2 Å². The van der Waals surface area contributed by atoms with Crippen LogP contribution in [0.4, 0.5) is 18.9 Å². The topological polar surface area (TPSA) is 78.1 Å². The number of nitrogens with one attached hydrogen (secondary N) is 2. The van der Waals surface area contributed by atoms with E-state index in [1.165, 1.54) is 0 Å². The number of nitrogens with zero attached hydrogens (tertiary/aromatic N) is 2. The largest absolute Gasteiger partial charge is 0.416 e. The van der Waals surface area contributed by atoms with Gasteiger partial charge in [-0.25, -0.2) is 4.98 Å². The number of likely N-dealkylation sites (N-methyl/N-ethyl adjacent to an activating group) is 1. The van der Waals surface area contributed by atoms with E-state index in [9.17, 15) is 22.8 Å². The molecule has 6 nitrogen and oxygen atoms in total. The van der Waals surface area contributed by atoms with Gasteiger partial charge in [0.05, 0.1) is 29.6 Å². The van der Waals surface area contributed by atoms with Gasteiger partial charge in [0.2, 0.25) is 5.91 Å². The van der Waals surface area contributed by atoms with Crippen LogP contribution in [0.25, 0.3) is 10.9 Å². The van der Waals surface area contributed by atoms with Crippen LogP contribution in [0, 0.1) is 13.8 Å². The van der Waals surface area contributed by atoms with E-state index >= 15 is 0 Å². The highest BCUT2D eigenvalue weighted by Crippen LogP contribution is 2.30. The average Bonchev–Trinajstić information content (AvgIpc) is 2.63. The predicted molar refractivity (Wildman–Crippen MR) is 108 cm³/mol. The van der Waals surface area contributed by atoms with Crippen LogP contribution in [-0.2, 0) is 17.5 Å². The van der Waals surface area contributed by atoms with E-state index in [0.29, 0.717) is 0 Å². The first-order valence-corrected chi connectivity index (χ1v) is 9.19. The number of halogens is 3. The molecule has 0 saturated carbocycles. The van der Waals surface area contributed by atoms with Crippen molar-refractivity contribution in [2.45, 2.75) is 26.6 Å². The third-order valence-electron chi connectivity index (χ3n) is 4.66. The highest BCUT2D eigenvalue weighted by Gasteiger charge is 2.30. The molecule has 0 spiro atoms. The number of amides is 1. The van der Waals surface area contributed by atoms with E-state index < -0.39 is 17.3 Å². The number of carbonyl (C=O) groups is 1. The van der Waals surface area contributed by atoms with Crippen molar-refractivity contribution in [2.24, 2.45) is 0 Å². The van der Waals surface area contributed by atoms with Crippen LogP contribution < -0.4 is 10.9 Å². The van der Waals surface area contributed by atoms with E-state index in [1.54, 1.807) is 11.9 Å². The number of carbonyl (C=O) groups excluding carboxylic acids is 1. The Bertz CT molecular complexity index is 1130. The smallest absolute Gasteiger partial charge is 0.324 e. The number of para-hydroxylation sites is 1. The summed E-state index contributed by atoms with van der Waals surface area (Å²) >= 11 is 0. The lowest BCUT2D eigenvalue weighted by molar-refractivity contribution is -0.137. The van der Waals surface area contributed by atoms with Crippen LogP contribution >= 0.6 is 0 Å². The molecule has 2 N–H and O–H groups in total. The first-order chi connectivity index (χ1) is 14.0. The Morgan fingerprint density at radius 1 is 1.17 bits per heavy atom. The van der Waals surface area contributed by atoms with Crippen molar-refractivity contribution < 1.29 is 18.0 Å². The molecular formula is C21H21F3N4O2. The minimum atomic E-state index is -4.53. The predicted octanol–water partition coefficient (Wildman–Crippen LogP) is 3.63. The second kappa shape index (κ2) is 8.27. The number of aromatic amines is 1. The number of H-pyrrole nitrogens is 1. The van der Waals surface area contributed by atoms with E-state index in [0.717, 1.165) is 35.0 Å². The van der Waals surface area contributed by atoms with Crippen molar-refractivity contribution in [2.75, 3.05) is 18.9 Å². The first kappa shape index (κ1) is 21.5. The van der Waals surface area contributed by atoms with E-state index in [4.69, 9.17) is 0 Å². The fourth-order valence-corrected chi connectivity index (χ4v) is 3.19. The number of benzene rings is 2. The third-order valence-corrected chi connectivity index (χ3v) is 4.66. The standard InChI is InChI=1S/C21H21F3N4O2/c1-12-5-4-6-13(2)19(12)27-18(29)11-28(3)10-17-25-16-9-14(21(22,23)24)7-8-15(16)20(30)26-17/h4-9H,10-11H2,1-3H3,(H,27,29)(H,25,26,30). The molecule has 2 aromatic carbocycles. The summed E-state index contributed by atoms with van der Waals surface area (Å²) in [5.41, 5.74) is 1.17. The number of aryl methyl sites for hydroxylation is 2. The lowest BCUT2D eigenvalue weighted by Crippen LogP contribution is -2.31. The summed E-state index contributed by atoms with van der Waals surface area (Å²) in [6.45, 7) is 3.89. The molecule has 0 bridgehead atoms. The molecule has 0 aliphatic carbocycles. The quantitative estimate of drug-likeness (QED) is 0.663. The number of fused-ring (bicyclic) bond motifs is 1. The number of aromatic nitrogens is 2. The van der Waals surface area contributed by atoms with Gasteiger partial charge >= 0.3 is 6.18 Å². The minimum absolute atomic E-state index is 0.0120. The highest BCUT2D eigenvalue weighted by molar-refractivity contribution is 5.93. The molecule has 3 rings (SSSR count). The zero-order valence-electron chi connectivity index (χ0n) is 16.7. The lowest BCUT2D eigenvalue weighted by Gasteiger charge is -2.17. The molecule has 158 valence electrons. The minimum Gasteiger partial charge on any atom is -0.324 e. The van der Waals surface area contributed by atoms with Gasteiger partial charge in [0.1, 0.15) is 5.82 Å². The molecule has 0 radical (unpaired) electrons. The Balaban J connectivity index is 1.75. The molecule has 0 aliphatic rings. The summed E-state index contributed by atoms with van der Waals surface area (Å²) < 4.78 is 38.8. The van der Waals surface area contributed by atoms with E-state index in [1.807, 2.05) is 32.0 Å². The van der Waals surface area contributed by atoms with E-state index in [-0.39, 0.29) is 35.7 Å². The van der Waals surface area contributed by atoms with Gasteiger partial charge in [0.15, 0.2) is 0 Å². The summed E-state index contributed by atoms with van der Waals surface area (Å²) in [6.07, 6.45) is -4.53. The third kappa shape index (κ3) is 4.85. The first-order valence-electron chi connectivity index (χ1n) is 9.19. The van der Waals surface area contributed by atoms with Crippen LogP contribution in [0.15, 0.2) is 41.2 Å². The van der Waals surface area contributed by atoms with Crippen molar-refractivity contribution in [1.29, 1.82) is 0 Å². The normalized spacial score (nSPS) is 11.8. The van der Waals surface area contributed by atoms with Gasteiger partial charge in [-0.05, 0) is 50.2 Å². The zero-order chi connectivity index (χ0) is 22.1. The fourth-order valence-electron chi connectivity index (χ4n) is 3.19. The molecule has 0 unspecified atom stereocenters. The van der Waals surface area contributed by atoms with Crippen LogP contribution in [0.1, 0.15) is 22.5 Å². The average molecular weight is 418 g/mol. The number of hydrogen-bond acceptors (Lipinski definition) is 4. The number of hydrogen-bond donors (Lipinski definition) is 2. The number of rotatable bonds is 5. The molecule has 1 amide bonds. The molecule has 1 heterocycles. The van der Waals surface area contributed by atoms with Gasteiger partial charge < -0.3 is 10.3 Å². The molecule has 30 heavy (non-hydrogen) atoms. The van der Waals surface area contributed by atoms with Crippen molar-refractivity contribution >= 4 is 22.5 Å².